The van der Waals surface area contributed by atoms with Gasteiger partial charge in [-0.15, -0.1) is 11.3 Å². The molecule has 0 aromatic carbocycles. The third kappa shape index (κ3) is 2.06. The molecule has 0 amide bonds. The van der Waals surface area contributed by atoms with Crippen molar-refractivity contribution < 1.29 is 5.11 Å². The highest BCUT2D eigenvalue weighted by Crippen LogP contribution is 2.26. The normalized spacial score (nSPS) is 12.7. The van der Waals surface area contributed by atoms with E-state index >= 15 is 0 Å². The van der Waals surface area contributed by atoms with Gasteiger partial charge in [0.1, 0.15) is 6.10 Å². The Balaban J connectivity index is 2.32. The van der Waals surface area contributed by atoms with E-state index in [1.165, 1.54) is 0 Å². The van der Waals surface area contributed by atoms with Crippen LogP contribution in [0.4, 0.5) is 0 Å². The number of aliphatic hydroxyl groups is 1. The highest BCUT2D eigenvalue weighted by Gasteiger charge is 2.14. The molecule has 3 nitrogen and oxygen atoms in total. The molecule has 2 aromatic heterocycles. The maximum Gasteiger partial charge on any atom is 0.124 e. The van der Waals surface area contributed by atoms with Gasteiger partial charge in [0.2, 0.25) is 0 Å². The molecule has 78 valence electrons. The molecule has 0 bridgehead atoms. The number of hydrogen-bond donors (Lipinski definition) is 1. The minimum Gasteiger partial charge on any atom is -0.382 e. The molecule has 0 spiro atoms. The van der Waals surface area contributed by atoms with Crippen LogP contribution in [-0.4, -0.2) is 15.1 Å². The van der Waals surface area contributed by atoms with Gasteiger partial charge in [-0.1, -0.05) is 0 Å². The van der Waals surface area contributed by atoms with Gasteiger partial charge in [-0.05, 0) is 25.3 Å². The number of hydrogen-bond acceptors (Lipinski definition) is 4. The molecule has 0 aliphatic carbocycles. The molecule has 1 unspecified atom stereocenters. The van der Waals surface area contributed by atoms with Crippen LogP contribution in [0.5, 0.6) is 0 Å². The molecule has 0 saturated carbocycles. The Bertz CT molecular complexity index is 450. The van der Waals surface area contributed by atoms with Gasteiger partial charge in [0.25, 0.3) is 0 Å². The molecule has 0 aliphatic rings. The average Bonchev–Trinajstić information content (AvgIpc) is 2.65. The SMILES string of the molecule is Cc1cnc(C(O)c2ccsc2C)cn1. The standard InChI is InChI=1S/C11H12N2OS/c1-7-5-13-10(6-12-7)11(14)9-3-4-15-8(9)2/h3-6,11,14H,1-2H3. The topological polar surface area (TPSA) is 46.0 Å². The van der Waals surface area contributed by atoms with E-state index in [9.17, 15) is 5.11 Å². The van der Waals surface area contributed by atoms with Crippen molar-refractivity contribution in [2.75, 3.05) is 0 Å². The van der Waals surface area contributed by atoms with Crippen LogP contribution in [0.1, 0.15) is 27.9 Å². The summed E-state index contributed by atoms with van der Waals surface area (Å²) in [6, 6.07) is 1.92. The monoisotopic (exact) mass is 220 g/mol. The molecular formula is C11H12N2OS. The summed E-state index contributed by atoms with van der Waals surface area (Å²) in [5, 5.41) is 12.0. The molecule has 2 rings (SSSR count). The lowest BCUT2D eigenvalue weighted by Crippen LogP contribution is -2.03. The zero-order valence-corrected chi connectivity index (χ0v) is 9.45. The smallest absolute Gasteiger partial charge is 0.124 e. The summed E-state index contributed by atoms with van der Waals surface area (Å²) >= 11 is 1.62. The predicted octanol–water partition coefficient (Wildman–Crippen LogP) is 2.24. The lowest BCUT2D eigenvalue weighted by Gasteiger charge is -2.09. The summed E-state index contributed by atoms with van der Waals surface area (Å²) in [6.45, 7) is 3.86. The van der Waals surface area contributed by atoms with Crippen LogP contribution in [0.15, 0.2) is 23.8 Å². The Hall–Kier alpha value is -1.26. The highest BCUT2D eigenvalue weighted by molar-refractivity contribution is 7.10. The number of rotatable bonds is 2. The molecule has 0 aliphatic heterocycles. The Labute approximate surface area is 92.5 Å². The predicted molar refractivity (Wildman–Crippen MR) is 59.9 cm³/mol. The van der Waals surface area contributed by atoms with Crippen molar-refractivity contribution in [1.82, 2.24) is 9.97 Å². The second-order valence-electron chi connectivity index (χ2n) is 3.42. The molecule has 0 fully saturated rings. The molecule has 4 heteroatoms. The fourth-order valence-corrected chi connectivity index (χ4v) is 2.12. The third-order valence-corrected chi connectivity index (χ3v) is 3.14. The second kappa shape index (κ2) is 4.08. The fraction of sp³-hybridized carbons (Fsp3) is 0.273. The lowest BCUT2D eigenvalue weighted by atomic mass is 10.1. The first-order valence-corrected chi connectivity index (χ1v) is 5.57. The minimum absolute atomic E-state index is 0.599. The Morgan fingerprint density at radius 2 is 2.07 bits per heavy atom. The highest BCUT2D eigenvalue weighted by atomic mass is 32.1. The van der Waals surface area contributed by atoms with E-state index < -0.39 is 6.10 Å². The first-order valence-electron chi connectivity index (χ1n) is 4.69. The molecule has 0 saturated heterocycles. The minimum atomic E-state index is -0.663. The van der Waals surface area contributed by atoms with Gasteiger partial charge in [0.05, 0.1) is 17.6 Å². The Morgan fingerprint density at radius 1 is 1.27 bits per heavy atom. The molecule has 1 N–H and O–H groups in total. The van der Waals surface area contributed by atoms with Crippen molar-refractivity contribution in [3.8, 4) is 0 Å². The average molecular weight is 220 g/mol. The largest absolute Gasteiger partial charge is 0.382 e. The summed E-state index contributed by atoms with van der Waals surface area (Å²) in [6.07, 6.45) is 2.63. The molecule has 2 heterocycles. The van der Waals surface area contributed by atoms with Gasteiger partial charge in [-0.3, -0.25) is 9.97 Å². The maximum absolute atomic E-state index is 10.1. The molecule has 15 heavy (non-hydrogen) atoms. The van der Waals surface area contributed by atoms with Gasteiger partial charge in [-0.2, -0.15) is 0 Å². The summed E-state index contributed by atoms with van der Waals surface area (Å²) in [4.78, 5) is 9.40. The summed E-state index contributed by atoms with van der Waals surface area (Å²) in [7, 11) is 0. The first kappa shape index (κ1) is 10.3. The number of thiophene rings is 1. The van der Waals surface area contributed by atoms with Gasteiger partial charge in [-0.25, -0.2) is 0 Å². The van der Waals surface area contributed by atoms with Gasteiger partial charge < -0.3 is 5.11 Å². The quantitative estimate of drug-likeness (QED) is 0.844. The van der Waals surface area contributed by atoms with Crippen LogP contribution >= 0.6 is 11.3 Å². The van der Waals surface area contributed by atoms with Crippen molar-refractivity contribution in [3.63, 3.8) is 0 Å². The third-order valence-electron chi connectivity index (χ3n) is 2.27. The summed E-state index contributed by atoms with van der Waals surface area (Å²) in [5.41, 5.74) is 2.37. The van der Waals surface area contributed by atoms with Crippen LogP contribution in [0.25, 0.3) is 0 Å². The van der Waals surface area contributed by atoms with Crippen LogP contribution < -0.4 is 0 Å². The van der Waals surface area contributed by atoms with E-state index in [1.807, 2.05) is 25.3 Å². The van der Waals surface area contributed by atoms with Crippen molar-refractivity contribution >= 4 is 11.3 Å². The van der Waals surface area contributed by atoms with E-state index in [0.717, 1.165) is 16.1 Å². The van der Waals surface area contributed by atoms with Crippen molar-refractivity contribution in [2.45, 2.75) is 20.0 Å². The zero-order valence-electron chi connectivity index (χ0n) is 8.64. The Morgan fingerprint density at radius 3 is 2.60 bits per heavy atom. The van der Waals surface area contributed by atoms with Gasteiger partial charge >= 0.3 is 0 Å². The van der Waals surface area contributed by atoms with Crippen LogP contribution in [0.3, 0.4) is 0 Å². The number of aliphatic hydroxyl groups excluding tert-OH is 1. The van der Waals surface area contributed by atoms with Crippen molar-refractivity contribution in [2.24, 2.45) is 0 Å². The van der Waals surface area contributed by atoms with Crippen LogP contribution in [0.2, 0.25) is 0 Å². The van der Waals surface area contributed by atoms with E-state index in [1.54, 1.807) is 23.7 Å². The summed E-state index contributed by atoms with van der Waals surface area (Å²) in [5.74, 6) is 0. The van der Waals surface area contributed by atoms with Gasteiger partial charge in [0, 0.05) is 16.6 Å². The maximum atomic E-state index is 10.1. The number of nitrogens with zero attached hydrogens (tertiary/aromatic N) is 2. The molecule has 1 atom stereocenters. The van der Waals surface area contributed by atoms with Gasteiger partial charge in [0.15, 0.2) is 0 Å². The van der Waals surface area contributed by atoms with E-state index in [0.29, 0.717) is 5.69 Å². The zero-order chi connectivity index (χ0) is 10.8. The number of aryl methyl sites for hydroxylation is 2. The lowest BCUT2D eigenvalue weighted by molar-refractivity contribution is 0.214. The molecule has 2 aromatic rings. The number of aromatic nitrogens is 2. The first-order chi connectivity index (χ1) is 7.18. The fourth-order valence-electron chi connectivity index (χ4n) is 1.38. The molecule has 0 radical (unpaired) electrons. The van der Waals surface area contributed by atoms with Crippen LogP contribution in [0, 0.1) is 13.8 Å². The van der Waals surface area contributed by atoms with Crippen LogP contribution in [-0.2, 0) is 0 Å². The van der Waals surface area contributed by atoms with E-state index in [2.05, 4.69) is 9.97 Å². The second-order valence-corrected chi connectivity index (χ2v) is 4.54. The Kier molecular flexibility index (Phi) is 2.79. The summed E-state index contributed by atoms with van der Waals surface area (Å²) < 4.78 is 0. The molecular weight excluding hydrogens is 208 g/mol. The van der Waals surface area contributed by atoms with Crippen molar-refractivity contribution in [3.05, 3.63) is 45.7 Å². The van der Waals surface area contributed by atoms with E-state index in [4.69, 9.17) is 0 Å². The van der Waals surface area contributed by atoms with Crippen molar-refractivity contribution in [1.29, 1.82) is 0 Å². The van der Waals surface area contributed by atoms with E-state index in [-0.39, 0.29) is 0 Å².